The number of carbonyl (C=O) groups excluding carboxylic acids is 1. The molecule has 0 aromatic heterocycles. The fourth-order valence-electron chi connectivity index (χ4n) is 4.25. The number of ether oxygens (including phenoxy) is 1. The van der Waals surface area contributed by atoms with Crippen LogP contribution in [0.1, 0.15) is 56.6 Å². The monoisotopic (exact) mass is 284 g/mol. The zero-order chi connectivity index (χ0) is 15.1. The van der Waals surface area contributed by atoms with Gasteiger partial charge in [0.25, 0.3) is 0 Å². The van der Waals surface area contributed by atoms with Gasteiger partial charge in [0.2, 0.25) is 0 Å². The molecular weight excluding hydrogens is 260 g/mol. The lowest BCUT2D eigenvalue weighted by atomic mass is 9.52. The summed E-state index contributed by atoms with van der Waals surface area (Å²) in [5.41, 5.74) is 3.85. The molecule has 21 heavy (non-hydrogen) atoms. The second-order valence-corrected chi connectivity index (χ2v) is 6.91. The Bertz CT molecular complexity index is 543. The molecule has 0 saturated heterocycles. The average Bonchev–Trinajstić information content (AvgIpc) is 2.55. The van der Waals surface area contributed by atoms with Crippen LogP contribution < -0.4 is 0 Å². The smallest absolute Gasteiger partial charge is 0.311 e. The molecule has 112 valence electrons. The summed E-state index contributed by atoms with van der Waals surface area (Å²) >= 11 is 0. The SMILES string of the molecule is C=C(C)c1ccc(C23CCC(C(=O)OC)(CC2)CC3)cc1. The molecule has 3 fully saturated rings. The van der Waals surface area contributed by atoms with Crippen LogP contribution in [0, 0.1) is 5.41 Å². The Morgan fingerprint density at radius 3 is 2.00 bits per heavy atom. The quantitative estimate of drug-likeness (QED) is 0.765. The predicted molar refractivity (Wildman–Crippen MR) is 85.0 cm³/mol. The summed E-state index contributed by atoms with van der Waals surface area (Å²) in [6, 6.07) is 8.90. The molecule has 0 radical (unpaired) electrons. The molecule has 2 heteroatoms. The molecule has 0 spiro atoms. The van der Waals surface area contributed by atoms with Crippen molar-refractivity contribution in [2.45, 2.75) is 50.9 Å². The van der Waals surface area contributed by atoms with E-state index in [2.05, 4.69) is 30.8 Å². The Kier molecular flexibility index (Phi) is 3.43. The third-order valence-electron chi connectivity index (χ3n) is 5.85. The van der Waals surface area contributed by atoms with Gasteiger partial charge < -0.3 is 4.74 Å². The zero-order valence-electron chi connectivity index (χ0n) is 13.1. The lowest BCUT2D eigenvalue weighted by Gasteiger charge is -2.52. The van der Waals surface area contributed by atoms with E-state index in [4.69, 9.17) is 4.74 Å². The molecule has 2 nitrogen and oxygen atoms in total. The van der Waals surface area contributed by atoms with E-state index in [1.165, 1.54) is 18.2 Å². The summed E-state index contributed by atoms with van der Waals surface area (Å²) < 4.78 is 5.04. The molecule has 3 aliphatic carbocycles. The number of methoxy groups -OCH3 is 1. The van der Waals surface area contributed by atoms with Crippen LogP contribution in [-0.4, -0.2) is 13.1 Å². The van der Waals surface area contributed by atoms with E-state index in [0.29, 0.717) is 0 Å². The van der Waals surface area contributed by atoms with Crippen LogP contribution in [0.25, 0.3) is 5.57 Å². The summed E-state index contributed by atoms with van der Waals surface area (Å²) in [6.45, 7) is 6.04. The lowest BCUT2D eigenvalue weighted by Crippen LogP contribution is -2.48. The van der Waals surface area contributed by atoms with Gasteiger partial charge >= 0.3 is 5.97 Å². The number of fused-ring (bicyclic) bond motifs is 3. The summed E-state index contributed by atoms with van der Waals surface area (Å²) in [5, 5.41) is 0. The molecular formula is C19H24O2. The highest BCUT2D eigenvalue weighted by molar-refractivity contribution is 5.77. The van der Waals surface area contributed by atoms with Crippen molar-refractivity contribution in [1.29, 1.82) is 0 Å². The minimum Gasteiger partial charge on any atom is -0.469 e. The molecule has 0 unspecified atom stereocenters. The first kappa shape index (κ1) is 14.4. The molecule has 1 aromatic rings. The summed E-state index contributed by atoms with van der Waals surface area (Å²) in [4.78, 5) is 12.1. The molecule has 4 rings (SSSR count). The van der Waals surface area contributed by atoms with Crippen molar-refractivity contribution in [2.75, 3.05) is 7.11 Å². The summed E-state index contributed by atoms with van der Waals surface area (Å²) in [7, 11) is 1.52. The van der Waals surface area contributed by atoms with Crippen molar-refractivity contribution in [2.24, 2.45) is 5.41 Å². The van der Waals surface area contributed by atoms with Gasteiger partial charge in [0.15, 0.2) is 0 Å². The fourth-order valence-corrected chi connectivity index (χ4v) is 4.25. The summed E-state index contributed by atoms with van der Waals surface area (Å²) in [6.07, 6.45) is 6.24. The van der Waals surface area contributed by atoms with Gasteiger partial charge in [-0.05, 0) is 62.0 Å². The number of hydrogen-bond acceptors (Lipinski definition) is 2. The number of benzene rings is 1. The minimum atomic E-state index is -0.186. The van der Waals surface area contributed by atoms with E-state index in [9.17, 15) is 4.79 Å². The zero-order valence-corrected chi connectivity index (χ0v) is 13.1. The van der Waals surface area contributed by atoms with Crippen molar-refractivity contribution >= 4 is 11.5 Å². The van der Waals surface area contributed by atoms with Crippen molar-refractivity contribution in [3.8, 4) is 0 Å². The largest absolute Gasteiger partial charge is 0.469 e. The molecule has 1 aromatic carbocycles. The molecule has 0 N–H and O–H groups in total. The highest BCUT2D eigenvalue weighted by Crippen LogP contribution is 2.58. The van der Waals surface area contributed by atoms with E-state index in [0.717, 1.165) is 44.1 Å². The van der Waals surface area contributed by atoms with Gasteiger partial charge in [-0.1, -0.05) is 36.4 Å². The van der Waals surface area contributed by atoms with E-state index in [1.54, 1.807) is 0 Å². The van der Waals surface area contributed by atoms with E-state index in [-0.39, 0.29) is 16.8 Å². The summed E-state index contributed by atoms with van der Waals surface area (Å²) in [5.74, 6) is 0.00781. The van der Waals surface area contributed by atoms with Crippen molar-refractivity contribution < 1.29 is 9.53 Å². The van der Waals surface area contributed by atoms with Crippen LogP contribution in [0.4, 0.5) is 0 Å². The Balaban J connectivity index is 1.83. The second-order valence-electron chi connectivity index (χ2n) is 6.91. The maximum absolute atomic E-state index is 12.1. The van der Waals surface area contributed by atoms with Crippen molar-refractivity contribution in [3.63, 3.8) is 0 Å². The minimum absolute atomic E-state index is 0.00781. The average molecular weight is 284 g/mol. The first-order valence-electron chi connectivity index (χ1n) is 7.86. The first-order valence-corrected chi connectivity index (χ1v) is 7.86. The fraction of sp³-hybridized carbons (Fsp3) is 0.526. The van der Waals surface area contributed by atoms with Gasteiger partial charge in [-0.15, -0.1) is 0 Å². The topological polar surface area (TPSA) is 26.3 Å². The van der Waals surface area contributed by atoms with Crippen molar-refractivity contribution in [3.05, 3.63) is 42.0 Å². The number of allylic oxidation sites excluding steroid dienone is 1. The number of rotatable bonds is 3. The van der Waals surface area contributed by atoms with Crippen LogP contribution in [0.15, 0.2) is 30.8 Å². The predicted octanol–water partition coefficient (Wildman–Crippen LogP) is 4.48. The first-order chi connectivity index (χ1) is 10.0. The second kappa shape index (κ2) is 5.01. The molecule has 0 heterocycles. The molecule has 2 bridgehead atoms. The molecule has 0 amide bonds. The Morgan fingerprint density at radius 1 is 1.05 bits per heavy atom. The Hall–Kier alpha value is -1.57. The van der Waals surface area contributed by atoms with Crippen LogP contribution in [0.2, 0.25) is 0 Å². The van der Waals surface area contributed by atoms with Gasteiger partial charge in [-0.2, -0.15) is 0 Å². The Labute approximate surface area is 127 Å². The maximum atomic E-state index is 12.1. The van der Waals surface area contributed by atoms with E-state index >= 15 is 0 Å². The number of hydrogen-bond donors (Lipinski definition) is 0. The third-order valence-corrected chi connectivity index (χ3v) is 5.85. The lowest BCUT2D eigenvalue weighted by molar-refractivity contribution is -0.160. The van der Waals surface area contributed by atoms with Crippen LogP contribution in [0.5, 0.6) is 0 Å². The van der Waals surface area contributed by atoms with Crippen LogP contribution in [0.3, 0.4) is 0 Å². The molecule has 0 atom stereocenters. The van der Waals surface area contributed by atoms with E-state index in [1.807, 2.05) is 6.92 Å². The Morgan fingerprint density at radius 2 is 1.57 bits per heavy atom. The highest BCUT2D eigenvalue weighted by Gasteiger charge is 2.53. The maximum Gasteiger partial charge on any atom is 0.311 e. The van der Waals surface area contributed by atoms with Crippen molar-refractivity contribution in [1.82, 2.24) is 0 Å². The number of esters is 1. The van der Waals surface area contributed by atoms with Gasteiger partial charge in [-0.25, -0.2) is 0 Å². The van der Waals surface area contributed by atoms with Crippen LogP contribution >= 0.6 is 0 Å². The third kappa shape index (κ3) is 2.21. The van der Waals surface area contributed by atoms with E-state index < -0.39 is 0 Å². The van der Waals surface area contributed by atoms with Gasteiger partial charge in [0.05, 0.1) is 12.5 Å². The highest BCUT2D eigenvalue weighted by atomic mass is 16.5. The normalized spacial score (nSPS) is 31.0. The molecule has 3 aliphatic rings. The van der Waals surface area contributed by atoms with Gasteiger partial charge in [-0.3, -0.25) is 4.79 Å². The standard InChI is InChI=1S/C19H24O2/c1-14(2)15-4-6-16(7-5-15)18-8-11-19(12-9-18,13-10-18)17(20)21-3/h4-7H,1,8-13H2,2-3H3. The number of carbonyl (C=O) groups is 1. The van der Waals surface area contributed by atoms with Crippen LogP contribution in [-0.2, 0) is 14.9 Å². The molecule has 3 saturated carbocycles. The van der Waals surface area contributed by atoms with Gasteiger partial charge in [0.1, 0.15) is 0 Å². The molecule has 0 aliphatic heterocycles. The van der Waals surface area contributed by atoms with Gasteiger partial charge in [0, 0.05) is 0 Å².